The topological polar surface area (TPSA) is 95.5 Å². The summed E-state index contributed by atoms with van der Waals surface area (Å²) in [6.45, 7) is 0. The maximum Gasteiger partial charge on any atom is 0.302 e. The highest BCUT2D eigenvalue weighted by Crippen LogP contribution is 2.42. The minimum Gasteiger partial charge on any atom is -0.507 e. The molecule has 0 radical (unpaired) electrons. The fourth-order valence-corrected chi connectivity index (χ4v) is 3.99. The Morgan fingerprint density at radius 3 is 2.55 bits per heavy atom. The summed E-state index contributed by atoms with van der Waals surface area (Å²) in [6.07, 6.45) is 0. The van der Waals surface area contributed by atoms with Gasteiger partial charge in [0.1, 0.15) is 17.3 Å². The molecule has 1 amide bonds. The van der Waals surface area contributed by atoms with Gasteiger partial charge < -0.3 is 14.8 Å². The van der Waals surface area contributed by atoms with Crippen LogP contribution in [0.1, 0.15) is 17.2 Å². The molecule has 5 rings (SSSR count). The number of carbonyl (C=O) groups excluding carboxylic acids is 2. The third-order valence-corrected chi connectivity index (χ3v) is 5.58. The van der Waals surface area contributed by atoms with Crippen molar-refractivity contribution in [2.75, 3.05) is 12.0 Å². The zero-order chi connectivity index (χ0) is 23.1. The first-order valence-electron chi connectivity index (χ1n) is 10.1. The number of nitrogens with one attached hydrogen (secondary N) is 1. The molecular weight excluding hydrogens is 425 g/mol. The number of amides is 1. The number of rotatable bonds is 4. The zero-order valence-corrected chi connectivity index (χ0v) is 17.4. The molecule has 2 heterocycles. The number of methoxy groups -OCH3 is 1. The number of Topliss-reactive ketones (excluding diaryl/α,β-unsaturated/α-hetero) is 1. The molecule has 7 nitrogen and oxygen atoms in total. The first-order chi connectivity index (χ1) is 16.0. The number of carbonyl (C=O) groups is 2. The van der Waals surface area contributed by atoms with E-state index < -0.39 is 23.5 Å². The number of aromatic amines is 1. The van der Waals surface area contributed by atoms with E-state index in [0.29, 0.717) is 27.9 Å². The summed E-state index contributed by atoms with van der Waals surface area (Å²) in [5.74, 6) is -1.92. The molecule has 0 bridgehead atoms. The monoisotopic (exact) mass is 443 g/mol. The number of nitrogens with zero attached hydrogens (tertiary/aromatic N) is 2. The Bertz CT molecular complexity index is 1390. The summed E-state index contributed by atoms with van der Waals surface area (Å²) in [5, 5.41) is 11.1. The Kier molecular flexibility index (Phi) is 4.90. The number of aliphatic hydroxyl groups is 1. The van der Waals surface area contributed by atoms with Crippen LogP contribution in [0.5, 0.6) is 5.75 Å². The second kappa shape index (κ2) is 7.90. The van der Waals surface area contributed by atoms with Crippen molar-refractivity contribution in [1.82, 2.24) is 9.97 Å². The third-order valence-electron chi connectivity index (χ3n) is 5.58. The number of aliphatic hydroxyl groups excluding tert-OH is 1. The molecular formula is C25H18FN3O4. The molecule has 1 aromatic heterocycles. The lowest BCUT2D eigenvalue weighted by atomic mass is 9.95. The predicted molar refractivity (Wildman–Crippen MR) is 120 cm³/mol. The van der Waals surface area contributed by atoms with E-state index in [9.17, 15) is 19.1 Å². The molecule has 0 saturated carbocycles. The minimum absolute atomic E-state index is 0.125. The maximum atomic E-state index is 13.6. The summed E-state index contributed by atoms with van der Waals surface area (Å²) >= 11 is 0. The van der Waals surface area contributed by atoms with Crippen molar-refractivity contribution in [1.29, 1.82) is 0 Å². The SMILES string of the molecule is COc1cccc(/C(O)=C2\C(=O)C(=O)N(c3nc4ccccc4[nH]3)C2c2ccc(F)cc2)c1. The first kappa shape index (κ1) is 20.4. The zero-order valence-electron chi connectivity index (χ0n) is 17.4. The second-order valence-electron chi connectivity index (χ2n) is 7.53. The molecule has 1 saturated heterocycles. The first-order valence-corrected chi connectivity index (χ1v) is 10.1. The average molecular weight is 443 g/mol. The van der Waals surface area contributed by atoms with Gasteiger partial charge in [-0.1, -0.05) is 36.4 Å². The molecule has 164 valence electrons. The Morgan fingerprint density at radius 1 is 1.06 bits per heavy atom. The lowest BCUT2D eigenvalue weighted by Gasteiger charge is -2.23. The highest BCUT2D eigenvalue weighted by Gasteiger charge is 2.48. The predicted octanol–water partition coefficient (Wildman–Crippen LogP) is 4.34. The summed E-state index contributed by atoms with van der Waals surface area (Å²) in [5.41, 5.74) is 1.92. The summed E-state index contributed by atoms with van der Waals surface area (Å²) in [7, 11) is 1.48. The van der Waals surface area contributed by atoms with Gasteiger partial charge in [-0.2, -0.15) is 0 Å². The van der Waals surface area contributed by atoms with E-state index in [1.807, 2.05) is 6.07 Å². The quantitative estimate of drug-likeness (QED) is 0.278. The van der Waals surface area contributed by atoms with Crippen molar-refractivity contribution in [2.45, 2.75) is 6.04 Å². The molecule has 1 aliphatic heterocycles. The second-order valence-corrected chi connectivity index (χ2v) is 7.53. The normalized spacial score (nSPS) is 17.6. The summed E-state index contributed by atoms with van der Waals surface area (Å²) < 4.78 is 18.9. The molecule has 1 unspecified atom stereocenters. The van der Waals surface area contributed by atoms with Crippen molar-refractivity contribution in [2.24, 2.45) is 0 Å². The van der Waals surface area contributed by atoms with Crippen LogP contribution in [-0.4, -0.2) is 33.9 Å². The Morgan fingerprint density at radius 2 is 1.82 bits per heavy atom. The lowest BCUT2D eigenvalue weighted by Crippen LogP contribution is -2.30. The van der Waals surface area contributed by atoms with E-state index in [4.69, 9.17) is 4.74 Å². The number of hydrogen-bond acceptors (Lipinski definition) is 5. The van der Waals surface area contributed by atoms with E-state index in [0.717, 1.165) is 0 Å². The van der Waals surface area contributed by atoms with Crippen LogP contribution in [0.2, 0.25) is 0 Å². The number of ether oxygens (including phenoxy) is 1. The van der Waals surface area contributed by atoms with E-state index in [2.05, 4.69) is 9.97 Å². The molecule has 33 heavy (non-hydrogen) atoms. The van der Waals surface area contributed by atoms with Crippen LogP contribution >= 0.6 is 0 Å². The van der Waals surface area contributed by atoms with Gasteiger partial charge in [0.05, 0.1) is 29.8 Å². The molecule has 0 aliphatic carbocycles. The number of H-pyrrole nitrogens is 1. The van der Waals surface area contributed by atoms with Crippen LogP contribution in [0.3, 0.4) is 0 Å². The molecule has 0 spiro atoms. The van der Waals surface area contributed by atoms with Crippen LogP contribution in [0.4, 0.5) is 10.3 Å². The number of hydrogen-bond donors (Lipinski definition) is 2. The number of imidazole rings is 1. The van der Waals surface area contributed by atoms with Gasteiger partial charge >= 0.3 is 5.91 Å². The van der Waals surface area contributed by atoms with Crippen molar-refractivity contribution in [3.63, 3.8) is 0 Å². The van der Waals surface area contributed by atoms with Crippen molar-refractivity contribution in [3.05, 3.63) is 95.3 Å². The van der Waals surface area contributed by atoms with E-state index >= 15 is 0 Å². The average Bonchev–Trinajstić information content (AvgIpc) is 3.37. The van der Waals surface area contributed by atoms with Crippen LogP contribution in [-0.2, 0) is 9.59 Å². The number of ketones is 1. The van der Waals surface area contributed by atoms with Crippen LogP contribution in [0.25, 0.3) is 16.8 Å². The number of benzene rings is 3. The smallest absolute Gasteiger partial charge is 0.302 e. The third kappa shape index (κ3) is 3.41. The van der Waals surface area contributed by atoms with Gasteiger partial charge in [0.25, 0.3) is 5.78 Å². The number of halogens is 1. The Balaban J connectivity index is 1.73. The largest absolute Gasteiger partial charge is 0.507 e. The Hall–Kier alpha value is -4.46. The van der Waals surface area contributed by atoms with Gasteiger partial charge in [0.2, 0.25) is 5.95 Å². The lowest BCUT2D eigenvalue weighted by molar-refractivity contribution is -0.132. The van der Waals surface area contributed by atoms with E-state index in [-0.39, 0.29) is 17.3 Å². The summed E-state index contributed by atoms with van der Waals surface area (Å²) in [6, 6.07) is 18.1. The fourth-order valence-electron chi connectivity index (χ4n) is 3.99. The molecule has 8 heteroatoms. The number of anilines is 1. The number of aromatic nitrogens is 2. The number of para-hydroxylation sites is 2. The van der Waals surface area contributed by atoms with E-state index in [1.165, 1.54) is 36.3 Å². The van der Waals surface area contributed by atoms with Crippen LogP contribution in [0, 0.1) is 5.82 Å². The highest BCUT2D eigenvalue weighted by molar-refractivity contribution is 6.51. The standard InChI is InChI=1S/C25H18FN3O4/c1-33-17-6-4-5-15(13-17)22(30)20-21(14-9-11-16(26)12-10-14)29(24(32)23(20)31)25-27-18-7-2-3-8-19(18)28-25/h2-13,21,30H,1H3,(H,27,28)/b22-20+. The molecule has 2 N–H and O–H groups in total. The van der Waals surface area contributed by atoms with Crippen molar-refractivity contribution >= 4 is 34.4 Å². The van der Waals surface area contributed by atoms with Gasteiger partial charge in [-0.25, -0.2) is 9.37 Å². The van der Waals surface area contributed by atoms with Gasteiger partial charge in [-0.3, -0.25) is 14.5 Å². The van der Waals surface area contributed by atoms with Gasteiger partial charge in [0.15, 0.2) is 0 Å². The van der Waals surface area contributed by atoms with Crippen LogP contribution < -0.4 is 9.64 Å². The molecule has 1 fully saturated rings. The minimum atomic E-state index is -1.02. The maximum absolute atomic E-state index is 13.6. The van der Waals surface area contributed by atoms with Crippen LogP contribution in [0.15, 0.2) is 78.4 Å². The fraction of sp³-hybridized carbons (Fsp3) is 0.0800. The summed E-state index contributed by atoms with van der Waals surface area (Å²) in [4.78, 5) is 35.1. The van der Waals surface area contributed by atoms with E-state index in [1.54, 1.807) is 42.5 Å². The molecule has 3 aromatic carbocycles. The van der Waals surface area contributed by atoms with Gasteiger partial charge in [-0.15, -0.1) is 0 Å². The molecule has 1 aliphatic rings. The highest BCUT2D eigenvalue weighted by atomic mass is 19.1. The molecule has 1 atom stereocenters. The Labute approximate surface area is 187 Å². The van der Waals surface area contributed by atoms with Crippen molar-refractivity contribution < 1.29 is 23.8 Å². The van der Waals surface area contributed by atoms with Gasteiger partial charge in [0, 0.05) is 5.56 Å². The van der Waals surface area contributed by atoms with Gasteiger partial charge in [-0.05, 0) is 42.0 Å². The number of fused-ring (bicyclic) bond motifs is 1. The van der Waals surface area contributed by atoms with Crippen molar-refractivity contribution in [3.8, 4) is 5.75 Å². The molecule has 4 aromatic rings.